The van der Waals surface area contributed by atoms with E-state index >= 15 is 0 Å². The minimum Gasteiger partial charge on any atom is -0.314 e. The SMILES string of the molecule is O=[N+]([O-])c1ccc(S(=O)(=O)NCC(N2CCNCC2)C(F)(F)F)s1. The Morgan fingerprint density at radius 1 is 1.38 bits per heavy atom. The number of nitrogens with zero attached hydrogens (tertiary/aromatic N) is 2. The van der Waals surface area contributed by atoms with Gasteiger partial charge in [-0.25, -0.2) is 13.1 Å². The largest absolute Gasteiger partial charge is 0.405 e. The number of sulfonamides is 1. The fraction of sp³-hybridized carbons (Fsp3) is 0.636. The number of nitro groups is 1. The second kappa shape index (κ2) is 7.31. The zero-order chi connectivity index (χ0) is 18.0. The Kier molecular flexibility index (Phi) is 5.80. The predicted molar refractivity (Wildman–Crippen MR) is 80.4 cm³/mol. The van der Waals surface area contributed by atoms with E-state index < -0.39 is 42.9 Å². The van der Waals surface area contributed by atoms with E-state index in [-0.39, 0.29) is 13.1 Å². The van der Waals surface area contributed by atoms with Crippen molar-refractivity contribution in [2.45, 2.75) is 16.4 Å². The summed E-state index contributed by atoms with van der Waals surface area (Å²) in [5.41, 5.74) is 0. The highest BCUT2D eigenvalue weighted by Gasteiger charge is 2.44. The van der Waals surface area contributed by atoms with Crippen LogP contribution in [-0.4, -0.2) is 63.2 Å². The van der Waals surface area contributed by atoms with Crippen molar-refractivity contribution < 1.29 is 26.5 Å². The van der Waals surface area contributed by atoms with Crippen molar-refractivity contribution in [3.63, 3.8) is 0 Å². The molecule has 0 radical (unpaired) electrons. The van der Waals surface area contributed by atoms with E-state index in [1.165, 1.54) is 0 Å². The maximum Gasteiger partial charge on any atom is 0.405 e. The van der Waals surface area contributed by atoms with Gasteiger partial charge in [0.05, 0.1) is 4.92 Å². The van der Waals surface area contributed by atoms with Gasteiger partial charge in [-0.2, -0.15) is 13.2 Å². The first-order chi connectivity index (χ1) is 11.1. The molecule has 2 heterocycles. The number of alkyl halides is 3. The van der Waals surface area contributed by atoms with Crippen LogP contribution in [0.15, 0.2) is 16.3 Å². The van der Waals surface area contributed by atoms with Crippen LogP contribution in [0.4, 0.5) is 18.2 Å². The van der Waals surface area contributed by atoms with Crippen LogP contribution >= 0.6 is 11.3 Å². The Morgan fingerprint density at radius 3 is 2.50 bits per heavy atom. The van der Waals surface area contributed by atoms with Crippen LogP contribution in [0, 0.1) is 10.1 Å². The van der Waals surface area contributed by atoms with Gasteiger partial charge in [0.2, 0.25) is 10.0 Å². The van der Waals surface area contributed by atoms with Crippen molar-refractivity contribution in [1.29, 1.82) is 0 Å². The lowest BCUT2D eigenvalue weighted by Gasteiger charge is -2.35. The molecule has 24 heavy (non-hydrogen) atoms. The molecular formula is C11H15F3N4O4S2. The van der Waals surface area contributed by atoms with E-state index in [0.717, 1.165) is 17.0 Å². The van der Waals surface area contributed by atoms with Gasteiger partial charge in [-0.05, 0) is 17.4 Å². The smallest absolute Gasteiger partial charge is 0.314 e. The predicted octanol–water partition coefficient (Wildman–Crippen LogP) is 0.771. The monoisotopic (exact) mass is 388 g/mol. The average molecular weight is 388 g/mol. The Balaban J connectivity index is 2.10. The second-order valence-corrected chi connectivity index (χ2v) is 8.10. The molecule has 0 saturated carbocycles. The second-order valence-electron chi connectivity index (χ2n) is 5.05. The molecule has 1 aliphatic rings. The number of hydrogen-bond acceptors (Lipinski definition) is 7. The first-order valence-electron chi connectivity index (χ1n) is 6.86. The molecular weight excluding hydrogens is 373 g/mol. The van der Waals surface area contributed by atoms with E-state index in [1.807, 2.05) is 4.72 Å². The highest BCUT2D eigenvalue weighted by atomic mass is 32.2. The van der Waals surface area contributed by atoms with Gasteiger partial charge in [-0.3, -0.25) is 15.0 Å². The highest BCUT2D eigenvalue weighted by Crippen LogP contribution is 2.29. The topological polar surface area (TPSA) is 105 Å². The van der Waals surface area contributed by atoms with E-state index in [0.29, 0.717) is 24.4 Å². The molecule has 1 aromatic rings. The maximum absolute atomic E-state index is 13.2. The van der Waals surface area contributed by atoms with E-state index in [1.54, 1.807) is 0 Å². The average Bonchev–Trinajstić information content (AvgIpc) is 2.98. The van der Waals surface area contributed by atoms with E-state index in [2.05, 4.69) is 5.32 Å². The van der Waals surface area contributed by atoms with Gasteiger partial charge in [0.25, 0.3) is 0 Å². The minimum absolute atomic E-state index is 0.149. The van der Waals surface area contributed by atoms with Crippen molar-refractivity contribution >= 4 is 26.4 Å². The third kappa shape index (κ3) is 4.63. The number of thiophene rings is 1. The molecule has 1 unspecified atom stereocenters. The molecule has 2 rings (SSSR count). The van der Waals surface area contributed by atoms with Crippen molar-refractivity contribution in [2.75, 3.05) is 32.7 Å². The van der Waals surface area contributed by atoms with Gasteiger partial charge in [-0.15, -0.1) is 0 Å². The van der Waals surface area contributed by atoms with Crippen molar-refractivity contribution in [1.82, 2.24) is 14.9 Å². The maximum atomic E-state index is 13.2. The molecule has 13 heteroatoms. The van der Waals surface area contributed by atoms with Crippen molar-refractivity contribution in [2.24, 2.45) is 0 Å². The fourth-order valence-electron chi connectivity index (χ4n) is 2.26. The summed E-state index contributed by atoms with van der Waals surface area (Å²) in [6.45, 7) is 0.219. The Bertz CT molecular complexity index is 686. The number of hydrogen-bond donors (Lipinski definition) is 2. The summed E-state index contributed by atoms with van der Waals surface area (Å²) in [6, 6.07) is 0.0410. The molecule has 0 aromatic carbocycles. The number of piperazine rings is 1. The number of halogens is 3. The van der Waals surface area contributed by atoms with Crippen LogP contribution in [0.1, 0.15) is 0 Å². The minimum atomic E-state index is -4.60. The molecule has 1 aromatic heterocycles. The molecule has 1 fully saturated rings. The Hall–Kier alpha value is -1.28. The molecule has 1 saturated heterocycles. The standard InChI is InChI=1S/C11H15F3N4O4S2/c12-11(13,14)8(17-5-3-15-4-6-17)7-16-24(21,22)10-2-1-9(23-10)18(19)20/h1-2,8,15-16H,3-7H2. The summed E-state index contributed by atoms with van der Waals surface area (Å²) in [4.78, 5) is 11.0. The zero-order valence-corrected chi connectivity index (χ0v) is 13.9. The van der Waals surface area contributed by atoms with E-state index in [9.17, 15) is 31.7 Å². The summed E-state index contributed by atoms with van der Waals surface area (Å²) >= 11 is 0.388. The van der Waals surface area contributed by atoms with Gasteiger partial charge in [0.1, 0.15) is 10.3 Å². The lowest BCUT2D eigenvalue weighted by atomic mass is 10.2. The summed E-state index contributed by atoms with van der Waals surface area (Å²) in [5.74, 6) is 0. The van der Waals surface area contributed by atoms with Crippen LogP contribution < -0.4 is 10.0 Å². The number of rotatable bonds is 6. The molecule has 2 N–H and O–H groups in total. The molecule has 0 aliphatic carbocycles. The van der Waals surface area contributed by atoms with Crippen molar-refractivity contribution in [3.05, 3.63) is 22.2 Å². The summed E-state index contributed by atoms with van der Waals surface area (Å²) in [5, 5.41) is 13.1. The fourth-order valence-corrected chi connectivity index (χ4v) is 4.45. The van der Waals surface area contributed by atoms with Gasteiger partial charge in [-0.1, -0.05) is 0 Å². The van der Waals surface area contributed by atoms with Gasteiger partial charge in [0, 0.05) is 38.8 Å². The molecule has 0 bridgehead atoms. The van der Waals surface area contributed by atoms with E-state index in [4.69, 9.17) is 0 Å². The zero-order valence-electron chi connectivity index (χ0n) is 12.2. The van der Waals surface area contributed by atoms with Crippen LogP contribution in [-0.2, 0) is 10.0 Å². The van der Waals surface area contributed by atoms with Crippen LogP contribution in [0.3, 0.4) is 0 Å². The first kappa shape index (κ1) is 19.1. The molecule has 0 amide bonds. The van der Waals surface area contributed by atoms with Crippen LogP contribution in [0.5, 0.6) is 0 Å². The number of nitrogens with one attached hydrogen (secondary N) is 2. The highest BCUT2D eigenvalue weighted by molar-refractivity contribution is 7.91. The third-order valence-electron chi connectivity index (χ3n) is 3.45. The quantitative estimate of drug-likeness (QED) is 0.551. The molecule has 1 aliphatic heterocycles. The van der Waals surface area contributed by atoms with Gasteiger partial charge >= 0.3 is 11.2 Å². The van der Waals surface area contributed by atoms with Crippen LogP contribution in [0.2, 0.25) is 0 Å². The molecule has 0 spiro atoms. The summed E-state index contributed by atoms with van der Waals surface area (Å²) < 4.78 is 65.3. The Morgan fingerprint density at radius 2 is 2.00 bits per heavy atom. The summed E-state index contributed by atoms with van der Waals surface area (Å²) in [6.07, 6.45) is -4.60. The first-order valence-corrected chi connectivity index (χ1v) is 9.16. The van der Waals surface area contributed by atoms with Gasteiger partial charge < -0.3 is 5.32 Å². The lowest BCUT2D eigenvalue weighted by molar-refractivity contribution is -0.380. The normalized spacial score (nSPS) is 18.5. The van der Waals surface area contributed by atoms with Crippen molar-refractivity contribution in [3.8, 4) is 0 Å². The Labute approximate surface area is 139 Å². The molecule has 1 atom stereocenters. The van der Waals surface area contributed by atoms with Gasteiger partial charge in [0.15, 0.2) is 0 Å². The van der Waals surface area contributed by atoms with Crippen LogP contribution in [0.25, 0.3) is 0 Å². The lowest BCUT2D eigenvalue weighted by Crippen LogP contribution is -2.57. The molecule has 136 valence electrons. The molecule has 8 nitrogen and oxygen atoms in total. The summed E-state index contributed by atoms with van der Waals surface area (Å²) in [7, 11) is -4.25. The third-order valence-corrected chi connectivity index (χ3v) is 6.40.